The van der Waals surface area contributed by atoms with Gasteiger partial charge in [-0.25, -0.2) is 0 Å². The molecule has 1 aliphatic carbocycles. The van der Waals surface area contributed by atoms with Crippen molar-refractivity contribution in [2.24, 2.45) is 0 Å². The molecule has 3 rings (SSSR count). The number of fused-ring (bicyclic) bond motifs is 1. The van der Waals surface area contributed by atoms with Crippen molar-refractivity contribution < 1.29 is 4.74 Å². The Kier molecular flexibility index (Phi) is 3.47. The Hall–Kier alpha value is -1.48. The Morgan fingerprint density at radius 3 is 2.95 bits per heavy atom. The molecule has 1 fully saturated rings. The third kappa shape index (κ3) is 2.61. The van der Waals surface area contributed by atoms with Gasteiger partial charge in [-0.1, -0.05) is 12.1 Å². The normalized spacial score (nSPS) is 15.1. The second-order valence-electron chi connectivity index (χ2n) is 5.44. The number of benzene rings is 1. The molecule has 19 heavy (non-hydrogen) atoms. The van der Waals surface area contributed by atoms with E-state index in [-0.39, 0.29) is 0 Å². The highest BCUT2D eigenvalue weighted by molar-refractivity contribution is 5.89. The monoisotopic (exact) mass is 258 g/mol. The standard InChI is InChI=1S/C16H22N2O/c1-11-13(6-4-10-17-12-8-9-12)14-5-3-7-15(19-2)16(14)18-11/h3,5,7,12,17-18H,4,6,8-10H2,1-2H3. The van der Waals surface area contributed by atoms with E-state index in [1.165, 1.54) is 35.9 Å². The van der Waals surface area contributed by atoms with E-state index in [1.807, 2.05) is 6.07 Å². The molecule has 0 radical (unpaired) electrons. The van der Waals surface area contributed by atoms with Crippen molar-refractivity contribution in [2.75, 3.05) is 13.7 Å². The van der Waals surface area contributed by atoms with Crippen LogP contribution in [-0.4, -0.2) is 24.7 Å². The first-order chi connectivity index (χ1) is 9.29. The van der Waals surface area contributed by atoms with Crippen LogP contribution in [0, 0.1) is 6.92 Å². The number of aromatic nitrogens is 1. The zero-order valence-corrected chi connectivity index (χ0v) is 11.8. The number of aromatic amines is 1. The molecule has 1 aliphatic rings. The Labute approximate surface area is 114 Å². The summed E-state index contributed by atoms with van der Waals surface area (Å²) in [7, 11) is 1.73. The summed E-state index contributed by atoms with van der Waals surface area (Å²) in [5.74, 6) is 0.933. The van der Waals surface area contributed by atoms with E-state index in [1.54, 1.807) is 7.11 Å². The molecule has 0 amide bonds. The Morgan fingerprint density at radius 2 is 2.21 bits per heavy atom. The van der Waals surface area contributed by atoms with E-state index in [2.05, 4.69) is 29.4 Å². The van der Waals surface area contributed by atoms with Crippen LogP contribution in [0.3, 0.4) is 0 Å². The highest BCUT2D eigenvalue weighted by Crippen LogP contribution is 2.30. The number of para-hydroxylation sites is 1. The van der Waals surface area contributed by atoms with Crippen molar-refractivity contribution in [3.63, 3.8) is 0 Å². The molecule has 1 aromatic carbocycles. The predicted molar refractivity (Wildman–Crippen MR) is 78.9 cm³/mol. The Balaban J connectivity index is 1.75. The first-order valence-corrected chi connectivity index (χ1v) is 7.17. The van der Waals surface area contributed by atoms with E-state index < -0.39 is 0 Å². The van der Waals surface area contributed by atoms with Crippen LogP contribution in [-0.2, 0) is 6.42 Å². The van der Waals surface area contributed by atoms with Crippen LogP contribution >= 0.6 is 0 Å². The van der Waals surface area contributed by atoms with Crippen LogP contribution < -0.4 is 10.1 Å². The van der Waals surface area contributed by atoms with Gasteiger partial charge < -0.3 is 15.0 Å². The lowest BCUT2D eigenvalue weighted by Gasteiger charge is -2.04. The lowest BCUT2D eigenvalue weighted by Crippen LogP contribution is -2.17. The summed E-state index contributed by atoms with van der Waals surface area (Å²) in [5, 5.41) is 4.88. The largest absolute Gasteiger partial charge is 0.495 e. The maximum absolute atomic E-state index is 5.42. The van der Waals surface area contributed by atoms with Gasteiger partial charge in [0.05, 0.1) is 12.6 Å². The smallest absolute Gasteiger partial charge is 0.142 e. The predicted octanol–water partition coefficient (Wildman–Crippen LogP) is 3.17. The van der Waals surface area contributed by atoms with Crippen LogP contribution in [0.4, 0.5) is 0 Å². The van der Waals surface area contributed by atoms with Gasteiger partial charge >= 0.3 is 0 Å². The van der Waals surface area contributed by atoms with Crippen LogP contribution in [0.15, 0.2) is 18.2 Å². The molecule has 1 saturated carbocycles. The molecule has 1 heterocycles. The van der Waals surface area contributed by atoms with Crippen LogP contribution in [0.2, 0.25) is 0 Å². The molecule has 102 valence electrons. The second kappa shape index (κ2) is 5.25. The van der Waals surface area contributed by atoms with E-state index in [0.29, 0.717) is 0 Å². The summed E-state index contributed by atoms with van der Waals surface area (Å²) in [6.45, 7) is 3.28. The lowest BCUT2D eigenvalue weighted by atomic mass is 10.1. The van der Waals surface area contributed by atoms with Crippen LogP contribution in [0.1, 0.15) is 30.5 Å². The van der Waals surface area contributed by atoms with E-state index in [9.17, 15) is 0 Å². The SMILES string of the molecule is COc1cccc2c(CCCNC3CC3)c(C)[nH]c12. The van der Waals surface area contributed by atoms with Gasteiger partial charge in [0.2, 0.25) is 0 Å². The summed E-state index contributed by atoms with van der Waals surface area (Å²) < 4.78 is 5.42. The molecule has 0 saturated heterocycles. The topological polar surface area (TPSA) is 37.0 Å². The number of aryl methyl sites for hydroxylation is 2. The quantitative estimate of drug-likeness (QED) is 0.781. The third-order valence-electron chi connectivity index (χ3n) is 3.95. The number of nitrogens with one attached hydrogen (secondary N) is 2. The average molecular weight is 258 g/mol. The molecule has 3 nitrogen and oxygen atoms in total. The number of ether oxygens (including phenoxy) is 1. The maximum Gasteiger partial charge on any atom is 0.142 e. The summed E-state index contributed by atoms with van der Waals surface area (Å²) >= 11 is 0. The number of hydrogen-bond acceptors (Lipinski definition) is 2. The first kappa shape index (κ1) is 12.5. The fourth-order valence-corrected chi connectivity index (χ4v) is 2.73. The van der Waals surface area contributed by atoms with Crippen molar-refractivity contribution in [1.82, 2.24) is 10.3 Å². The third-order valence-corrected chi connectivity index (χ3v) is 3.95. The fourth-order valence-electron chi connectivity index (χ4n) is 2.73. The number of methoxy groups -OCH3 is 1. The van der Waals surface area contributed by atoms with Crippen LogP contribution in [0.5, 0.6) is 5.75 Å². The number of rotatable bonds is 6. The minimum Gasteiger partial charge on any atom is -0.495 e. The molecule has 0 bridgehead atoms. The molecule has 0 atom stereocenters. The zero-order chi connectivity index (χ0) is 13.2. The maximum atomic E-state index is 5.42. The van der Waals surface area contributed by atoms with Crippen molar-refractivity contribution in [3.8, 4) is 5.75 Å². The fraction of sp³-hybridized carbons (Fsp3) is 0.500. The molecule has 0 unspecified atom stereocenters. The van der Waals surface area contributed by atoms with Gasteiger partial charge in [0.1, 0.15) is 5.75 Å². The number of H-pyrrole nitrogens is 1. The van der Waals surface area contributed by atoms with Gasteiger partial charge in [-0.05, 0) is 50.8 Å². The molecule has 0 spiro atoms. The van der Waals surface area contributed by atoms with Gasteiger partial charge in [0, 0.05) is 17.1 Å². The molecule has 1 aromatic heterocycles. The molecule has 2 aromatic rings. The Bertz CT molecular complexity index is 569. The molecule has 2 N–H and O–H groups in total. The van der Waals surface area contributed by atoms with Crippen LogP contribution in [0.25, 0.3) is 10.9 Å². The van der Waals surface area contributed by atoms with E-state index in [0.717, 1.165) is 30.3 Å². The van der Waals surface area contributed by atoms with Gasteiger partial charge in [0.25, 0.3) is 0 Å². The minimum absolute atomic E-state index is 0.809. The molecule has 3 heteroatoms. The van der Waals surface area contributed by atoms with Crippen molar-refractivity contribution in [1.29, 1.82) is 0 Å². The summed E-state index contributed by atoms with van der Waals surface area (Å²) in [5.41, 5.74) is 3.84. The highest BCUT2D eigenvalue weighted by atomic mass is 16.5. The van der Waals surface area contributed by atoms with Gasteiger partial charge in [-0.15, -0.1) is 0 Å². The highest BCUT2D eigenvalue weighted by Gasteiger charge is 2.19. The Morgan fingerprint density at radius 1 is 1.37 bits per heavy atom. The summed E-state index contributed by atoms with van der Waals surface area (Å²) in [6, 6.07) is 7.08. The molecule has 0 aliphatic heterocycles. The lowest BCUT2D eigenvalue weighted by molar-refractivity contribution is 0.419. The van der Waals surface area contributed by atoms with Crippen molar-refractivity contribution >= 4 is 10.9 Å². The zero-order valence-electron chi connectivity index (χ0n) is 11.8. The average Bonchev–Trinajstić information content (AvgIpc) is 3.18. The second-order valence-corrected chi connectivity index (χ2v) is 5.44. The van der Waals surface area contributed by atoms with E-state index >= 15 is 0 Å². The van der Waals surface area contributed by atoms with Gasteiger partial charge in [-0.3, -0.25) is 0 Å². The van der Waals surface area contributed by atoms with Gasteiger partial charge in [0.15, 0.2) is 0 Å². The van der Waals surface area contributed by atoms with Gasteiger partial charge in [-0.2, -0.15) is 0 Å². The molecular formula is C16H22N2O. The van der Waals surface area contributed by atoms with Crippen molar-refractivity contribution in [2.45, 2.75) is 38.6 Å². The molecular weight excluding hydrogens is 236 g/mol. The minimum atomic E-state index is 0.809. The first-order valence-electron chi connectivity index (χ1n) is 7.17. The number of hydrogen-bond donors (Lipinski definition) is 2. The van der Waals surface area contributed by atoms with E-state index in [4.69, 9.17) is 4.74 Å². The summed E-state index contributed by atoms with van der Waals surface area (Å²) in [4.78, 5) is 3.46. The van der Waals surface area contributed by atoms with Crippen molar-refractivity contribution in [3.05, 3.63) is 29.5 Å². The summed E-state index contributed by atoms with van der Waals surface area (Å²) in [6.07, 6.45) is 5.05.